The maximum atomic E-state index is 12.4. The van der Waals surface area contributed by atoms with Crippen molar-refractivity contribution >= 4 is 23.2 Å². The van der Waals surface area contributed by atoms with Gasteiger partial charge in [-0.25, -0.2) is 4.57 Å². The number of pyridine rings is 1. The first-order valence-corrected chi connectivity index (χ1v) is 13.6. The molecular weight excluding hydrogens is 571 g/mol. The highest BCUT2D eigenvalue weighted by Crippen LogP contribution is 2.30. The van der Waals surface area contributed by atoms with Crippen LogP contribution in [0.1, 0.15) is 97.1 Å². The summed E-state index contributed by atoms with van der Waals surface area (Å²) in [5.41, 5.74) is 1.88. The fourth-order valence-electron chi connectivity index (χ4n) is 4.21. The number of nitrogens with zero attached hydrogens (tertiary/aromatic N) is 2. The molecule has 6 heteroatoms. The van der Waals surface area contributed by atoms with Gasteiger partial charge < -0.3 is 33.6 Å². The Morgan fingerprint density at radius 2 is 1.57 bits per heavy atom. The Hall–Kier alpha value is -1.34. The number of carbonyl (C=O) groups excluding carboxylic acids is 1. The molecule has 0 atom stereocenters. The van der Waals surface area contributed by atoms with Crippen molar-refractivity contribution in [2.75, 3.05) is 11.5 Å². The summed E-state index contributed by atoms with van der Waals surface area (Å²) in [6, 6.07) is 11.7. The van der Waals surface area contributed by atoms with Crippen LogP contribution in [-0.4, -0.2) is 12.5 Å². The zero-order chi connectivity index (χ0) is 24.6. The molecule has 0 bridgehead atoms. The highest BCUT2D eigenvalue weighted by Gasteiger charge is 2.19. The third-order valence-corrected chi connectivity index (χ3v) is 6.48. The number of aryl methyl sites for hydroxylation is 1. The Labute approximate surface area is 235 Å². The van der Waals surface area contributed by atoms with Crippen molar-refractivity contribution in [2.24, 2.45) is 0 Å². The number of aromatic nitrogens is 1. The van der Waals surface area contributed by atoms with Crippen molar-refractivity contribution < 1.29 is 38.1 Å². The number of anilines is 1. The molecule has 196 valence electrons. The second-order valence-electron chi connectivity index (χ2n) is 9.14. The fraction of sp³-hybridized carbons (Fsp3) is 0.586. The van der Waals surface area contributed by atoms with Crippen LogP contribution in [0.25, 0.3) is 0 Å². The lowest BCUT2D eigenvalue weighted by Gasteiger charge is -2.21. The van der Waals surface area contributed by atoms with Crippen LogP contribution in [0.2, 0.25) is 5.02 Å². The lowest BCUT2D eigenvalue weighted by molar-refractivity contribution is -0.704. The molecule has 0 aliphatic rings. The second kappa shape index (κ2) is 18.9. The minimum absolute atomic E-state index is 0. The number of halogens is 2. The molecule has 0 saturated heterocycles. The van der Waals surface area contributed by atoms with E-state index < -0.39 is 0 Å². The molecule has 1 amide bonds. The summed E-state index contributed by atoms with van der Waals surface area (Å²) >= 11 is 6.53. The standard InChI is InChI=1S/C29H44ClN2O2.HI/c1-4-6-7-8-9-10-11-12-13-16-22-34-29-19-18-26(23-28(29)30)32(25(3)33)24-27-17-14-15-21-31(27)20-5-2;/h14-15,17-19,21,23H,4-13,16,20,22,24H2,1-3H3;1H/q+1;/p-1. The largest absolute Gasteiger partial charge is 1.00 e. The Balaban J connectivity index is 0.00000612. The van der Waals surface area contributed by atoms with Crippen molar-refractivity contribution in [2.45, 2.75) is 104 Å². The Morgan fingerprint density at radius 1 is 0.914 bits per heavy atom. The predicted molar refractivity (Wildman–Crippen MR) is 143 cm³/mol. The quantitative estimate of drug-likeness (QED) is 0.144. The van der Waals surface area contributed by atoms with E-state index in [1.807, 2.05) is 30.3 Å². The number of ether oxygens (including phenoxy) is 1. The first-order chi connectivity index (χ1) is 16.6. The lowest BCUT2D eigenvalue weighted by atomic mass is 10.1. The average Bonchev–Trinajstić information content (AvgIpc) is 2.82. The van der Waals surface area contributed by atoms with E-state index in [0.717, 1.165) is 30.8 Å². The summed E-state index contributed by atoms with van der Waals surface area (Å²) < 4.78 is 8.13. The summed E-state index contributed by atoms with van der Waals surface area (Å²) in [6.07, 6.45) is 16.1. The Kier molecular flexibility index (Phi) is 17.1. The highest BCUT2D eigenvalue weighted by atomic mass is 127. The van der Waals surface area contributed by atoms with E-state index in [0.29, 0.717) is 23.9 Å². The van der Waals surface area contributed by atoms with Gasteiger partial charge in [0.2, 0.25) is 11.6 Å². The lowest BCUT2D eigenvalue weighted by Crippen LogP contribution is -3.00. The summed E-state index contributed by atoms with van der Waals surface area (Å²) in [5.74, 6) is 0.674. The summed E-state index contributed by atoms with van der Waals surface area (Å²) in [4.78, 5) is 14.2. The van der Waals surface area contributed by atoms with Gasteiger partial charge >= 0.3 is 0 Å². The van der Waals surface area contributed by atoms with E-state index in [1.165, 1.54) is 57.8 Å². The number of hydrogen-bond donors (Lipinski definition) is 0. The van der Waals surface area contributed by atoms with E-state index in [9.17, 15) is 4.79 Å². The molecule has 0 aliphatic heterocycles. The van der Waals surface area contributed by atoms with Gasteiger partial charge in [0.1, 0.15) is 18.8 Å². The van der Waals surface area contributed by atoms with Crippen molar-refractivity contribution in [1.29, 1.82) is 0 Å². The van der Waals surface area contributed by atoms with Gasteiger partial charge in [0, 0.05) is 31.2 Å². The molecule has 2 aromatic rings. The van der Waals surface area contributed by atoms with Crippen LogP contribution < -0.4 is 38.2 Å². The maximum absolute atomic E-state index is 12.4. The van der Waals surface area contributed by atoms with Crippen LogP contribution in [-0.2, 0) is 17.9 Å². The van der Waals surface area contributed by atoms with Gasteiger partial charge in [0.05, 0.1) is 11.6 Å². The second-order valence-corrected chi connectivity index (χ2v) is 9.54. The van der Waals surface area contributed by atoms with Gasteiger partial charge in [-0.2, -0.15) is 0 Å². The SMILES string of the molecule is CCCCCCCCCCCCOc1ccc(N(Cc2cccc[n+]2CCC)C(C)=O)cc1Cl.[I-]. The minimum atomic E-state index is -0.0120. The maximum Gasteiger partial charge on any atom is 0.224 e. The smallest absolute Gasteiger partial charge is 0.224 e. The molecule has 0 N–H and O–H groups in total. The highest BCUT2D eigenvalue weighted by molar-refractivity contribution is 6.32. The van der Waals surface area contributed by atoms with Crippen molar-refractivity contribution in [3.8, 4) is 5.75 Å². The minimum Gasteiger partial charge on any atom is -1.00 e. The molecular formula is C29H44ClIN2O2. The van der Waals surface area contributed by atoms with Crippen molar-refractivity contribution in [3.63, 3.8) is 0 Å². The number of hydrogen-bond acceptors (Lipinski definition) is 2. The van der Waals surface area contributed by atoms with Gasteiger partial charge in [-0.3, -0.25) is 4.79 Å². The molecule has 0 radical (unpaired) electrons. The van der Waals surface area contributed by atoms with Gasteiger partial charge in [-0.05, 0) is 24.6 Å². The van der Waals surface area contributed by atoms with E-state index in [1.54, 1.807) is 11.8 Å². The topological polar surface area (TPSA) is 33.4 Å². The number of carbonyl (C=O) groups is 1. The van der Waals surface area contributed by atoms with Crippen LogP contribution in [0, 0.1) is 0 Å². The van der Waals surface area contributed by atoms with E-state index in [4.69, 9.17) is 16.3 Å². The van der Waals surface area contributed by atoms with Crippen molar-refractivity contribution in [1.82, 2.24) is 0 Å². The van der Waals surface area contributed by atoms with Crippen molar-refractivity contribution in [3.05, 3.63) is 53.3 Å². The molecule has 0 unspecified atom stereocenters. The molecule has 0 aliphatic carbocycles. The molecule has 1 aromatic heterocycles. The van der Waals surface area contributed by atoms with Gasteiger partial charge in [0.15, 0.2) is 6.20 Å². The molecule has 2 rings (SSSR count). The predicted octanol–water partition coefficient (Wildman–Crippen LogP) is 4.89. The molecule has 35 heavy (non-hydrogen) atoms. The van der Waals surface area contributed by atoms with E-state index in [2.05, 4.69) is 30.7 Å². The number of benzene rings is 1. The van der Waals surface area contributed by atoms with Crippen LogP contribution >= 0.6 is 11.6 Å². The van der Waals surface area contributed by atoms with E-state index in [-0.39, 0.29) is 29.9 Å². The summed E-state index contributed by atoms with van der Waals surface area (Å²) in [7, 11) is 0. The number of rotatable bonds is 17. The Bertz CT molecular complexity index is 862. The van der Waals surface area contributed by atoms with Crippen LogP contribution in [0.3, 0.4) is 0 Å². The summed E-state index contributed by atoms with van der Waals surface area (Å²) in [6.45, 7) is 8.11. The van der Waals surface area contributed by atoms with E-state index >= 15 is 0 Å². The molecule has 0 saturated carbocycles. The zero-order valence-corrected chi connectivity index (χ0v) is 24.8. The van der Waals surface area contributed by atoms with Crippen LogP contribution in [0.4, 0.5) is 5.69 Å². The molecule has 4 nitrogen and oxygen atoms in total. The molecule has 1 aromatic carbocycles. The van der Waals surface area contributed by atoms with Gasteiger partial charge in [0.25, 0.3) is 0 Å². The molecule has 0 spiro atoms. The molecule has 0 fully saturated rings. The third-order valence-electron chi connectivity index (χ3n) is 6.18. The normalized spacial score (nSPS) is 10.6. The first kappa shape index (κ1) is 31.7. The Morgan fingerprint density at radius 3 is 2.17 bits per heavy atom. The molecule has 1 heterocycles. The number of unbranched alkanes of at least 4 members (excludes halogenated alkanes) is 9. The third kappa shape index (κ3) is 12.0. The van der Waals surface area contributed by atoms with Gasteiger partial charge in [-0.15, -0.1) is 0 Å². The zero-order valence-electron chi connectivity index (χ0n) is 21.9. The van der Waals surface area contributed by atoms with Crippen LogP contribution in [0.15, 0.2) is 42.6 Å². The fourth-order valence-corrected chi connectivity index (χ4v) is 4.44. The van der Waals surface area contributed by atoms with Crippen LogP contribution in [0.5, 0.6) is 5.75 Å². The van der Waals surface area contributed by atoms with Gasteiger partial charge in [-0.1, -0.05) is 89.3 Å². The monoisotopic (exact) mass is 614 g/mol. The summed E-state index contributed by atoms with van der Waals surface area (Å²) in [5, 5.41) is 0.547. The average molecular weight is 615 g/mol. The number of amides is 1. The first-order valence-electron chi connectivity index (χ1n) is 13.2.